The minimum atomic E-state index is 0.497. The molecule has 5 heteroatoms. The second-order valence-electron chi connectivity index (χ2n) is 2.58. The Hall–Kier alpha value is -0.940. The van der Waals surface area contributed by atoms with E-state index in [1.54, 1.807) is 13.4 Å². The van der Waals surface area contributed by atoms with Crippen molar-refractivity contribution < 1.29 is 9.47 Å². The van der Waals surface area contributed by atoms with Gasteiger partial charge in [-0.2, -0.15) is 0 Å². The number of ether oxygens (including phenoxy) is 2. The van der Waals surface area contributed by atoms with Crippen molar-refractivity contribution in [1.82, 2.24) is 14.8 Å². The molecule has 0 atom stereocenters. The third kappa shape index (κ3) is 3.12. The largest absolute Gasteiger partial charge is 0.382 e. The fourth-order valence-corrected chi connectivity index (χ4v) is 0.961. The maximum atomic E-state index is 5.31. The van der Waals surface area contributed by atoms with Crippen LogP contribution in [0.5, 0.6) is 0 Å². The van der Waals surface area contributed by atoms with Gasteiger partial charge in [-0.1, -0.05) is 0 Å². The number of aryl methyl sites for hydroxylation is 1. The van der Waals surface area contributed by atoms with Crippen LogP contribution >= 0.6 is 0 Å². The molecule has 0 aliphatic rings. The van der Waals surface area contributed by atoms with Gasteiger partial charge >= 0.3 is 0 Å². The average Bonchev–Trinajstić information content (AvgIpc) is 2.60. The van der Waals surface area contributed by atoms with E-state index < -0.39 is 0 Å². The highest BCUT2D eigenvalue weighted by molar-refractivity contribution is 4.81. The predicted molar refractivity (Wildman–Crippen MR) is 47.2 cm³/mol. The van der Waals surface area contributed by atoms with Gasteiger partial charge in [-0.05, 0) is 6.92 Å². The van der Waals surface area contributed by atoms with Crippen LogP contribution in [-0.2, 0) is 22.6 Å². The summed E-state index contributed by atoms with van der Waals surface area (Å²) in [6.45, 7) is 4.61. The summed E-state index contributed by atoms with van der Waals surface area (Å²) in [6.07, 6.45) is 1.70. The monoisotopic (exact) mass is 185 g/mol. The third-order valence-corrected chi connectivity index (χ3v) is 1.70. The fraction of sp³-hybridized carbons (Fsp3) is 0.750. The molecule has 1 rings (SSSR count). The Morgan fingerprint density at radius 1 is 1.46 bits per heavy atom. The van der Waals surface area contributed by atoms with Crippen LogP contribution in [0.25, 0.3) is 0 Å². The molecule has 0 aliphatic heterocycles. The van der Waals surface area contributed by atoms with Gasteiger partial charge in [0.25, 0.3) is 0 Å². The first kappa shape index (κ1) is 10.1. The van der Waals surface area contributed by atoms with Crippen molar-refractivity contribution >= 4 is 0 Å². The summed E-state index contributed by atoms with van der Waals surface area (Å²) < 4.78 is 12.1. The number of hydrogen-bond donors (Lipinski definition) is 0. The first-order chi connectivity index (χ1) is 6.38. The maximum absolute atomic E-state index is 5.31. The second kappa shape index (κ2) is 5.66. The van der Waals surface area contributed by atoms with E-state index in [1.165, 1.54) is 0 Å². The SMILES string of the molecule is CCn1cnnc1COCCOC. The lowest BCUT2D eigenvalue weighted by Crippen LogP contribution is -2.06. The molecule has 0 saturated carbocycles. The van der Waals surface area contributed by atoms with Crippen molar-refractivity contribution in [3.63, 3.8) is 0 Å². The fourth-order valence-electron chi connectivity index (χ4n) is 0.961. The van der Waals surface area contributed by atoms with E-state index in [9.17, 15) is 0 Å². The van der Waals surface area contributed by atoms with E-state index in [4.69, 9.17) is 9.47 Å². The van der Waals surface area contributed by atoms with Gasteiger partial charge in [-0.3, -0.25) is 0 Å². The zero-order valence-electron chi connectivity index (χ0n) is 8.06. The number of methoxy groups -OCH3 is 1. The van der Waals surface area contributed by atoms with Crippen LogP contribution in [0, 0.1) is 0 Å². The molecule has 74 valence electrons. The van der Waals surface area contributed by atoms with E-state index in [2.05, 4.69) is 10.2 Å². The number of nitrogens with zero attached hydrogens (tertiary/aromatic N) is 3. The van der Waals surface area contributed by atoms with Crippen molar-refractivity contribution in [3.05, 3.63) is 12.2 Å². The van der Waals surface area contributed by atoms with Crippen LogP contribution in [-0.4, -0.2) is 35.1 Å². The number of aromatic nitrogens is 3. The van der Waals surface area contributed by atoms with E-state index in [0.717, 1.165) is 12.4 Å². The Morgan fingerprint density at radius 2 is 2.31 bits per heavy atom. The normalized spacial score (nSPS) is 10.6. The quantitative estimate of drug-likeness (QED) is 0.604. The lowest BCUT2D eigenvalue weighted by atomic mass is 10.6. The Kier molecular flexibility index (Phi) is 4.42. The van der Waals surface area contributed by atoms with Crippen LogP contribution in [0.1, 0.15) is 12.7 Å². The van der Waals surface area contributed by atoms with Gasteiger partial charge in [0.2, 0.25) is 0 Å². The number of rotatable bonds is 6. The van der Waals surface area contributed by atoms with E-state index in [0.29, 0.717) is 19.8 Å². The molecule has 0 saturated heterocycles. The summed E-state index contributed by atoms with van der Waals surface area (Å²) in [4.78, 5) is 0. The van der Waals surface area contributed by atoms with Gasteiger partial charge in [0.05, 0.1) is 13.2 Å². The molecule has 0 radical (unpaired) electrons. The van der Waals surface area contributed by atoms with Crippen LogP contribution in [0.4, 0.5) is 0 Å². The molecule has 1 aromatic heterocycles. The molecule has 13 heavy (non-hydrogen) atoms. The first-order valence-corrected chi connectivity index (χ1v) is 4.31. The van der Waals surface area contributed by atoms with Gasteiger partial charge in [-0.15, -0.1) is 10.2 Å². The van der Waals surface area contributed by atoms with Crippen LogP contribution < -0.4 is 0 Å². The molecular weight excluding hydrogens is 170 g/mol. The summed E-state index contributed by atoms with van der Waals surface area (Å²) in [5, 5.41) is 7.73. The van der Waals surface area contributed by atoms with Crippen LogP contribution in [0.15, 0.2) is 6.33 Å². The average molecular weight is 185 g/mol. The molecule has 0 aromatic carbocycles. The smallest absolute Gasteiger partial charge is 0.158 e. The van der Waals surface area contributed by atoms with Crippen molar-refractivity contribution in [2.45, 2.75) is 20.1 Å². The Balaban J connectivity index is 2.27. The van der Waals surface area contributed by atoms with Gasteiger partial charge in [0.15, 0.2) is 5.82 Å². The first-order valence-electron chi connectivity index (χ1n) is 4.31. The molecule has 1 aromatic rings. The molecular formula is C8H15N3O2. The van der Waals surface area contributed by atoms with E-state index >= 15 is 0 Å². The molecule has 0 spiro atoms. The van der Waals surface area contributed by atoms with Crippen molar-refractivity contribution in [3.8, 4) is 0 Å². The van der Waals surface area contributed by atoms with Crippen molar-refractivity contribution in [2.24, 2.45) is 0 Å². The molecule has 0 aliphatic carbocycles. The van der Waals surface area contributed by atoms with Gasteiger partial charge in [-0.25, -0.2) is 0 Å². The molecule has 5 nitrogen and oxygen atoms in total. The predicted octanol–water partition coefficient (Wildman–Crippen LogP) is 0.461. The second-order valence-corrected chi connectivity index (χ2v) is 2.58. The number of hydrogen-bond acceptors (Lipinski definition) is 4. The maximum Gasteiger partial charge on any atom is 0.158 e. The molecule has 0 amide bonds. The van der Waals surface area contributed by atoms with E-state index in [1.807, 2.05) is 11.5 Å². The Bertz CT molecular complexity index is 237. The summed E-state index contributed by atoms with van der Waals surface area (Å²) >= 11 is 0. The standard InChI is InChI=1S/C8H15N3O2/c1-3-11-7-9-10-8(11)6-13-5-4-12-2/h7H,3-6H2,1-2H3. The Morgan fingerprint density at radius 3 is 3.00 bits per heavy atom. The minimum Gasteiger partial charge on any atom is -0.382 e. The summed E-state index contributed by atoms with van der Waals surface area (Å²) in [6, 6.07) is 0. The molecule has 0 fully saturated rings. The van der Waals surface area contributed by atoms with Crippen LogP contribution in [0.2, 0.25) is 0 Å². The lowest BCUT2D eigenvalue weighted by Gasteiger charge is -2.03. The van der Waals surface area contributed by atoms with E-state index in [-0.39, 0.29) is 0 Å². The summed E-state index contributed by atoms with van der Waals surface area (Å²) in [7, 11) is 1.65. The zero-order chi connectivity index (χ0) is 9.52. The third-order valence-electron chi connectivity index (χ3n) is 1.70. The molecule has 1 heterocycles. The lowest BCUT2D eigenvalue weighted by molar-refractivity contribution is 0.0572. The topological polar surface area (TPSA) is 49.2 Å². The van der Waals surface area contributed by atoms with Crippen molar-refractivity contribution in [2.75, 3.05) is 20.3 Å². The Labute approximate surface area is 77.7 Å². The van der Waals surface area contributed by atoms with Crippen LogP contribution in [0.3, 0.4) is 0 Å². The summed E-state index contributed by atoms with van der Waals surface area (Å²) in [5.74, 6) is 0.860. The minimum absolute atomic E-state index is 0.497. The zero-order valence-corrected chi connectivity index (χ0v) is 8.06. The van der Waals surface area contributed by atoms with Gasteiger partial charge in [0, 0.05) is 13.7 Å². The molecule has 0 N–H and O–H groups in total. The highest BCUT2D eigenvalue weighted by atomic mass is 16.5. The molecule has 0 unspecified atom stereocenters. The van der Waals surface area contributed by atoms with Crippen molar-refractivity contribution in [1.29, 1.82) is 0 Å². The molecule has 0 bridgehead atoms. The summed E-state index contributed by atoms with van der Waals surface area (Å²) in [5.41, 5.74) is 0. The van der Waals surface area contributed by atoms with Gasteiger partial charge < -0.3 is 14.0 Å². The highest BCUT2D eigenvalue weighted by Crippen LogP contribution is 1.96. The highest BCUT2D eigenvalue weighted by Gasteiger charge is 2.01. The van der Waals surface area contributed by atoms with Gasteiger partial charge in [0.1, 0.15) is 12.9 Å².